The minimum absolute atomic E-state index is 0.128. The van der Waals surface area contributed by atoms with Gasteiger partial charge in [0, 0.05) is 12.1 Å². The van der Waals surface area contributed by atoms with Gasteiger partial charge < -0.3 is 9.84 Å². The Labute approximate surface area is 101 Å². The summed E-state index contributed by atoms with van der Waals surface area (Å²) in [4.78, 5) is 0.128. The number of benzene rings is 1. The molecule has 0 saturated heterocycles. The molecule has 0 saturated carbocycles. The van der Waals surface area contributed by atoms with E-state index >= 15 is 0 Å². The van der Waals surface area contributed by atoms with Crippen LogP contribution in [0.3, 0.4) is 0 Å². The molecular weight excluding hydrogens is 242 g/mol. The normalized spacial score (nSPS) is 13.4. The lowest BCUT2D eigenvalue weighted by molar-refractivity contribution is 0.254. The van der Waals surface area contributed by atoms with E-state index in [9.17, 15) is 8.42 Å². The van der Waals surface area contributed by atoms with Crippen molar-refractivity contribution in [1.29, 1.82) is 0 Å². The highest BCUT2D eigenvalue weighted by molar-refractivity contribution is 7.89. The molecular formula is C11H17NO4S. The number of sulfonamides is 1. The lowest BCUT2D eigenvalue weighted by Gasteiger charge is -2.14. The van der Waals surface area contributed by atoms with E-state index in [2.05, 4.69) is 4.72 Å². The summed E-state index contributed by atoms with van der Waals surface area (Å²) in [6, 6.07) is 5.73. The number of nitrogens with one attached hydrogen (secondary N) is 1. The van der Waals surface area contributed by atoms with Gasteiger partial charge in [-0.05, 0) is 18.6 Å². The fourth-order valence-electron chi connectivity index (χ4n) is 1.31. The third-order valence-electron chi connectivity index (χ3n) is 2.39. The van der Waals surface area contributed by atoms with Crippen LogP contribution < -0.4 is 9.46 Å². The quantitative estimate of drug-likeness (QED) is 0.790. The number of hydrogen-bond donors (Lipinski definition) is 2. The molecule has 1 rings (SSSR count). The summed E-state index contributed by atoms with van der Waals surface area (Å²) in [7, 11) is -2.13. The van der Waals surface area contributed by atoms with Crippen LogP contribution >= 0.6 is 0 Å². The van der Waals surface area contributed by atoms with E-state index in [0.717, 1.165) is 0 Å². The zero-order valence-corrected chi connectivity index (χ0v) is 10.7. The summed E-state index contributed by atoms with van der Waals surface area (Å²) in [6.45, 7) is 1.58. The van der Waals surface area contributed by atoms with Crippen molar-refractivity contribution in [1.82, 2.24) is 4.72 Å². The SMILES string of the molecule is CCC(CO)NS(=O)(=O)c1cccc(OC)c1. The van der Waals surface area contributed by atoms with Crippen molar-refractivity contribution in [3.05, 3.63) is 24.3 Å². The van der Waals surface area contributed by atoms with Gasteiger partial charge in [-0.2, -0.15) is 0 Å². The van der Waals surface area contributed by atoms with Gasteiger partial charge in [0.2, 0.25) is 10.0 Å². The minimum atomic E-state index is -3.61. The Morgan fingerprint density at radius 3 is 2.71 bits per heavy atom. The molecule has 1 aromatic carbocycles. The lowest BCUT2D eigenvalue weighted by Crippen LogP contribution is -2.36. The van der Waals surface area contributed by atoms with Gasteiger partial charge in [-0.3, -0.25) is 0 Å². The first-order valence-electron chi connectivity index (χ1n) is 5.30. The highest BCUT2D eigenvalue weighted by Crippen LogP contribution is 2.17. The molecule has 0 fully saturated rings. The third kappa shape index (κ3) is 3.69. The fourth-order valence-corrected chi connectivity index (χ4v) is 2.65. The Morgan fingerprint density at radius 1 is 1.47 bits per heavy atom. The summed E-state index contributed by atoms with van der Waals surface area (Å²) in [5.74, 6) is 0.477. The Bertz CT molecular complexity index is 454. The molecule has 6 heteroatoms. The summed E-state index contributed by atoms with van der Waals surface area (Å²) >= 11 is 0. The predicted molar refractivity (Wildman–Crippen MR) is 64.5 cm³/mol. The van der Waals surface area contributed by atoms with Crippen molar-refractivity contribution in [2.75, 3.05) is 13.7 Å². The first-order chi connectivity index (χ1) is 8.03. The summed E-state index contributed by atoms with van der Waals surface area (Å²) in [5.41, 5.74) is 0. The summed E-state index contributed by atoms with van der Waals surface area (Å²) in [5, 5.41) is 8.99. The van der Waals surface area contributed by atoms with Crippen LogP contribution in [0.5, 0.6) is 5.75 Å². The van der Waals surface area contributed by atoms with Crippen molar-refractivity contribution in [3.8, 4) is 5.75 Å². The second-order valence-corrected chi connectivity index (χ2v) is 5.30. The molecule has 0 amide bonds. The van der Waals surface area contributed by atoms with Crippen molar-refractivity contribution >= 4 is 10.0 Å². The molecule has 0 radical (unpaired) electrons. The number of rotatable bonds is 6. The number of ether oxygens (including phenoxy) is 1. The van der Waals surface area contributed by atoms with Crippen LogP contribution in [-0.4, -0.2) is 33.3 Å². The molecule has 0 aromatic heterocycles. The van der Waals surface area contributed by atoms with Crippen LogP contribution in [0.2, 0.25) is 0 Å². The van der Waals surface area contributed by atoms with Crippen LogP contribution in [0.15, 0.2) is 29.2 Å². The molecule has 0 aliphatic heterocycles. The van der Waals surface area contributed by atoms with E-state index in [1.807, 2.05) is 0 Å². The molecule has 0 aliphatic rings. The molecule has 0 heterocycles. The Kier molecular flexibility index (Phi) is 4.92. The van der Waals surface area contributed by atoms with Gasteiger partial charge >= 0.3 is 0 Å². The molecule has 2 N–H and O–H groups in total. The first kappa shape index (κ1) is 14.0. The zero-order chi connectivity index (χ0) is 12.9. The highest BCUT2D eigenvalue weighted by Gasteiger charge is 2.18. The molecule has 1 unspecified atom stereocenters. The number of aliphatic hydroxyl groups is 1. The maximum atomic E-state index is 12.0. The molecule has 0 bridgehead atoms. The van der Waals surface area contributed by atoms with Gasteiger partial charge in [0.05, 0.1) is 18.6 Å². The van der Waals surface area contributed by atoms with Crippen molar-refractivity contribution in [2.45, 2.75) is 24.3 Å². The van der Waals surface area contributed by atoms with E-state index in [1.54, 1.807) is 19.1 Å². The van der Waals surface area contributed by atoms with Gasteiger partial charge in [0.15, 0.2) is 0 Å². The second-order valence-electron chi connectivity index (χ2n) is 3.59. The molecule has 1 atom stereocenters. The minimum Gasteiger partial charge on any atom is -0.497 e. The Hall–Kier alpha value is -1.11. The van der Waals surface area contributed by atoms with Crippen LogP contribution in [0.1, 0.15) is 13.3 Å². The predicted octanol–water partition coefficient (Wildman–Crippen LogP) is 0.744. The van der Waals surface area contributed by atoms with Gasteiger partial charge in [-0.1, -0.05) is 13.0 Å². The molecule has 96 valence electrons. The van der Waals surface area contributed by atoms with Crippen LogP contribution in [0.4, 0.5) is 0 Å². The van der Waals surface area contributed by atoms with Crippen molar-refractivity contribution < 1.29 is 18.3 Å². The monoisotopic (exact) mass is 259 g/mol. The van der Waals surface area contributed by atoms with Crippen LogP contribution in [-0.2, 0) is 10.0 Å². The zero-order valence-electron chi connectivity index (χ0n) is 9.88. The molecule has 1 aromatic rings. The van der Waals surface area contributed by atoms with Crippen LogP contribution in [0.25, 0.3) is 0 Å². The third-order valence-corrected chi connectivity index (χ3v) is 3.90. The number of aliphatic hydroxyl groups excluding tert-OH is 1. The Morgan fingerprint density at radius 2 is 2.18 bits per heavy atom. The molecule has 0 aliphatic carbocycles. The first-order valence-corrected chi connectivity index (χ1v) is 6.79. The second kappa shape index (κ2) is 6.00. The molecule has 17 heavy (non-hydrogen) atoms. The highest BCUT2D eigenvalue weighted by atomic mass is 32.2. The van der Waals surface area contributed by atoms with Gasteiger partial charge in [-0.25, -0.2) is 13.1 Å². The maximum Gasteiger partial charge on any atom is 0.241 e. The summed E-state index contributed by atoms with van der Waals surface area (Å²) in [6.07, 6.45) is 0.527. The summed E-state index contributed by atoms with van der Waals surface area (Å²) < 4.78 is 31.3. The molecule has 5 nitrogen and oxygen atoms in total. The van der Waals surface area contributed by atoms with E-state index in [4.69, 9.17) is 9.84 Å². The van der Waals surface area contributed by atoms with E-state index < -0.39 is 16.1 Å². The number of hydrogen-bond acceptors (Lipinski definition) is 4. The fraction of sp³-hybridized carbons (Fsp3) is 0.455. The lowest BCUT2D eigenvalue weighted by atomic mass is 10.3. The van der Waals surface area contributed by atoms with Crippen molar-refractivity contribution in [3.63, 3.8) is 0 Å². The average molecular weight is 259 g/mol. The van der Waals surface area contributed by atoms with E-state index in [0.29, 0.717) is 12.2 Å². The van der Waals surface area contributed by atoms with Crippen molar-refractivity contribution in [2.24, 2.45) is 0 Å². The van der Waals surface area contributed by atoms with Gasteiger partial charge in [-0.15, -0.1) is 0 Å². The topological polar surface area (TPSA) is 75.6 Å². The van der Waals surface area contributed by atoms with E-state index in [-0.39, 0.29) is 11.5 Å². The maximum absolute atomic E-state index is 12.0. The van der Waals surface area contributed by atoms with E-state index in [1.165, 1.54) is 19.2 Å². The van der Waals surface area contributed by atoms with Gasteiger partial charge in [0.25, 0.3) is 0 Å². The van der Waals surface area contributed by atoms with Gasteiger partial charge in [0.1, 0.15) is 5.75 Å². The van der Waals surface area contributed by atoms with Crippen LogP contribution in [0, 0.1) is 0 Å². The smallest absolute Gasteiger partial charge is 0.241 e. The Balaban J connectivity index is 2.96. The average Bonchev–Trinajstić information content (AvgIpc) is 2.36. The largest absolute Gasteiger partial charge is 0.497 e. The molecule has 0 spiro atoms. The standard InChI is InChI=1S/C11H17NO4S/c1-3-9(8-13)12-17(14,15)11-6-4-5-10(7-11)16-2/h4-7,9,12-13H,3,8H2,1-2H3. The number of methoxy groups -OCH3 is 1.